The second-order valence-corrected chi connectivity index (χ2v) is 10.8. The summed E-state index contributed by atoms with van der Waals surface area (Å²) in [7, 11) is 0. The van der Waals surface area contributed by atoms with E-state index in [1.165, 1.54) is 28.2 Å². The van der Waals surface area contributed by atoms with E-state index in [2.05, 4.69) is 9.97 Å². The second-order valence-electron chi connectivity index (χ2n) is 9.48. The quantitative estimate of drug-likeness (QED) is 0.221. The van der Waals surface area contributed by atoms with Crippen molar-refractivity contribution in [2.45, 2.75) is 33.5 Å². The zero-order chi connectivity index (χ0) is 30.5. The molecule has 0 saturated carbocycles. The lowest BCUT2D eigenvalue weighted by atomic mass is 9.98. The third-order valence-corrected chi connectivity index (χ3v) is 8.04. The Morgan fingerprint density at radius 1 is 1.17 bits per heavy atom. The molecule has 0 fully saturated rings. The van der Waals surface area contributed by atoms with E-state index in [1.807, 2.05) is 0 Å². The molecule has 0 aliphatic rings. The van der Waals surface area contributed by atoms with Crippen molar-refractivity contribution in [3.63, 3.8) is 0 Å². The molecular weight excluding hydrogens is 593 g/mol. The number of aromatic nitrogens is 3. The fourth-order valence-corrected chi connectivity index (χ4v) is 6.04. The maximum Gasteiger partial charge on any atom is 0.416 e. The standard InChI is InChI=1S/C29H20ClF3N4O4S/c1-13-8-18(26-25(35-13)20(12-42-26)28(39)40)17-9-16(30)4-5-23(17)41-7-6-37-15(3)36-22-10-21(29(31,32)33)14(2)19(11-34)24(22)27(37)38/h4-5,8-10,12H,6-7H2,1-3H3,(H,39,40). The lowest BCUT2D eigenvalue weighted by molar-refractivity contribution is -0.138. The highest BCUT2D eigenvalue weighted by molar-refractivity contribution is 7.18. The number of benzene rings is 2. The predicted octanol–water partition coefficient (Wildman–Crippen LogP) is 6.92. The Balaban J connectivity index is 1.53. The van der Waals surface area contributed by atoms with Gasteiger partial charge in [0, 0.05) is 27.2 Å². The van der Waals surface area contributed by atoms with Crippen LogP contribution in [0.25, 0.3) is 32.2 Å². The third kappa shape index (κ3) is 5.06. The number of alkyl halides is 3. The smallest absolute Gasteiger partial charge is 0.416 e. The molecule has 0 aliphatic carbocycles. The number of hydrogen-bond acceptors (Lipinski definition) is 7. The Kier molecular flexibility index (Phi) is 7.42. The minimum absolute atomic E-state index is 0.0203. The van der Waals surface area contributed by atoms with Crippen LogP contribution in [0, 0.1) is 32.1 Å². The van der Waals surface area contributed by atoms with Crippen molar-refractivity contribution in [3.05, 3.63) is 84.9 Å². The fraction of sp³-hybridized carbons (Fsp3) is 0.207. The molecule has 0 atom stereocenters. The van der Waals surface area contributed by atoms with Crippen LogP contribution in [0.2, 0.25) is 5.02 Å². The van der Waals surface area contributed by atoms with Crippen LogP contribution >= 0.6 is 22.9 Å². The van der Waals surface area contributed by atoms with Crippen LogP contribution in [0.4, 0.5) is 13.2 Å². The predicted molar refractivity (Wildman–Crippen MR) is 152 cm³/mol. The molecule has 2 aromatic carbocycles. The molecule has 0 spiro atoms. The van der Waals surface area contributed by atoms with Crippen molar-refractivity contribution in [3.8, 4) is 22.9 Å². The zero-order valence-corrected chi connectivity index (χ0v) is 23.8. The number of carboxylic acids is 1. The number of thiophene rings is 1. The van der Waals surface area contributed by atoms with Gasteiger partial charge in [0.15, 0.2) is 0 Å². The Hall–Kier alpha value is -4.47. The molecule has 5 rings (SSSR count). The van der Waals surface area contributed by atoms with Crippen LogP contribution in [0.3, 0.4) is 0 Å². The van der Waals surface area contributed by atoms with Crippen molar-refractivity contribution < 1.29 is 27.8 Å². The first-order valence-electron chi connectivity index (χ1n) is 12.4. The summed E-state index contributed by atoms with van der Waals surface area (Å²) in [5.74, 6) is -0.541. The minimum Gasteiger partial charge on any atom is -0.491 e. The number of aryl methyl sites for hydroxylation is 2. The molecule has 1 N–H and O–H groups in total. The topological polar surface area (TPSA) is 118 Å². The summed E-state index contributed by atoms with van der Waals surface area (Å²) in [6, 6.07) is 9.28. The summed E-state index contributed by atoms with van der Waals surface area (Å²) in [5, 5.41) is 21.0. The molecular formula is C29H20ClF3N4O4S. The molecule has 0 amide bonds. The van der Waals surface area contributed by atoms with E-state index in [-0.39, 0.29) is 46.6 Å². The summed E-state index contributed by atoms with van der Waals surface area (Å²) in [4.78, 5) is 33.7. The maximum atomic E-state index is 13.6. The molecule has 13 heteroatoms. The summed E-state index contributed by atoms with van der Waals surface area (Å²) in [6.45, 7) is 4.32. The molecule has 3 aromatic heterocycles. The van der Waals surface area contributed by atoms with Gasteiger partial charge in [0.2, 0.25) is 0 Å². The van der Waals surface area contributed by atoms with Gasteiger partial charge >= 0.3 is 12.1 Å². The fourth-order valence-electron chi connectivity index (χ4n) is 4.86. The van der Waals surface area contributed by atoms with E-state index in [0.717, 1.165) is 13.0 Å². The van der Waals surface area contributed by atoms with Crippen molar-refractivity contribution in [2.24, 2.45) is 0 Å². The highest BCUT2D eigenvalue weighted by atomic mass is 35.5. The van der Waals surface area contributed by atoms with E-state index >= 15 is 0 Å². The minimum atomic E-state index is -4.71. The first-order chi connectivity index (χ1) is 19.8. The van der Waals surface area contributed by atoms with Crippen LogP contribution in [-0.2, 0) is 12.7 Å². The largest absolute Gasteiger partial charge is 0.491 e. The van der Waals surface area contributed by atoms with Gasteiger partial charge in [-0.05, 0) is 56.7 Å². The van der Waals surface area contributed by atoms with Gasteiger partial charge in [0.1, 0.15) is 24.3 Å². The number of carbonyl (C=O) groups is 1. The summed E-state index contributed by atoms with van der Waals surface area (Å²) < 4.78 is 48.6. The van der Waals surface area contributed by atoms with Crippen molar-refractivity contribution in [2.75, 3.05) is 6.61 Å². The van der Waals surface area contributed by atoms with Crippen LogP contribution in [0.15, 0.2) is 40.5 Å². The number of rotatable bonds is 6. The van der Waals surface area contributed by atoms with E-state index in [9.17, 15) is 33.1 Å². The highest BCUT2D eigenvalue weighted by Crippen LogP contribution is 2.40. The number of carboxylic acid groups (broad SMARTS) is 1. The van der Waals surface area contributed by atoms with Gasteiger partial charge in [0.05, 0.1) is 44.4 Å². The Labute approximate surface area is 245 Å². The lowest BCUT2D eigenvalue weighted by Gasteiger charge is -2.17. The number of nitrogens with zero attached hydrogens (tertiary/aromatic N) is 4. The average Bonchev–Trinajstić information content (AvgIpc) is 3.34. The Morgan fingerprint density at radius 3 is 2.57 bits per heavy atom. The average molecular weight is 613 g/mol. The van der Waals surface area contributed by atoms with Gasteiger partial charge in [-0.1, -0.05) is 11.6 Å². The van der Waals surface area contributed by atoms with E-state index in [4.69, 9.17) is 16.3 Å². The second kappa shape index (κ2) is 10.7. The lowest BCUT2D eigenvalue weighted by Crippen LogP contribution is -2.27. The van der Waals surface area contributed by atoms with E-state index < -0.39 is 23.3 Å². The van der Waals surface area contributed by atoms with Crippen molar-refractivity contribution >= 4 is 50.0 Å². The molecule has 8 nitrogen and oxygen atoms in total. The first kappa shape index (κ1) is 29.0. The van der Waals surface area contributed by atoms with Crippen molar-refractivity contribution in [1.82, 2.24) is 14.5 Å². The van der Waals surface area contributed by atoms with Crippen LogP contribution in [-0.4, -0.2) is 32.2 Å². The zero-order valence-electron chi connectivity index (χ0n) is 22.3. The van der Waals surface area contributed by atoms with Gasteiger partial charge < -0.3 is 9.84 Å². The van der Waals surface area contributed by atoms with Gasteiger partial charge in [-0.2, -0.15) is 18.4 Å². The highest BCUT2D eigenvalue weighted by Gasteiger charge is 2.35. The van der Waals surface area contributed by atoms with Crippen LogP contribution in [0.5, 0.6) is 5.75 Å². The molecule has 0 radical (unpaired) electrons. The summed E-state index contributed by atoms with van der Waals surface area (Å²) >= 11 is 7.54. The number of pyridine rings is 1. The number of hydrogen-bond donors (Lipinski definition) is 1. The van der Waals surface area contributed by atoms with Gasteiger partial charge in [-0.15, -0.1) is 11.3 Å². The van der Waals surface area contributed by atoms with E-state index in [1.54, 1.807) is 37.3 Å². The van der Waals surface area contributed by atoms with Gasteiger partial charge in [-0.25, -0.2) is 9.78 Å². The Bertz CT molecular complexity index is 2030. The molecule has 5 aromatic rings. The monoisotopic (exact) mass is 612 g/mol. The van der Waals surface area contributed by atoms with Crippen molar-refractivity contribution in [1.29, 1.82) is 5.26 Å². The van der Waals surface area contributed by atoms with Gasteiger partial charge in [0.25, 0.3) is 5.56 Å². The number of fused-ring (bicyclic) bond motifs is 2. The first-order valence-corrected chi connectivity index (χ1v) is 13.6. The van der Waals surface area contributed by atoms with E-state index in [0.29, 0.717) is 37.8 Å². The SMILES string of the molecule is Cc1cc(-c2cc(Cl)ccc2OCCn2c(C)nc3cc(C(F)(F)F)c(C)c(C#N)c3c2=O)c2scc(C(=O)O)c2n1. The third-order valence-electron chi connectivity index (χ3n) is 6.80. The molecule has 42 heavy (non-hydrogen) atoms. The van der Waals surface area contributed by atoms with Gasteiger partial charge in [-0.3, -0.25) is 14.3 Å². The molecule has 214 valence electrons. The van der Waals surface area contributed by atoms with Crippen LogP contribution < -0.4 is 10.3 Å². The summed E-state index contributed by atoms with van der Waals surface area (Å²) in [6.07, 6.45) is -4.71. The summed E-state index contributed by atoms with van der Waals surface area (Å²) in [5.41, 5.74) is -0.333. The maximum absolute atomic E-state index is 13.6. The number of halogens is 4. The van der Waals surface area contributed by atoms with Crippen LogP contribution in [0.1, 0.15) is 38.6 Å². The molecule has 0 unspecified atom stereocenters. The number of ether oxygens (including phenoxy) is 1. The molecule has 3 heterocycles. The Morgan fingerprint density at radius 2 is 1.90 bits per heavy atom. The molecule has 0 bridgehead atoms. The number of nitriles is 1. The molecule has 0 saturated heterocycles. The normalized spacial score (nSPS) is 11.7. The molecule has 0 aliphatic heterocycles. The number of aromatic carboxylic acids is 1.